The highest BCUT2D eigenvalue weighted by Gasteiger charge is 2.09. The van der Waals surface area contributed by atoms with Crippen LogP contribution in [0.2, 0.25) is 0 Å². The van der Waals surface area contributed by atoms with Crippen LogP contribution in [0.3, 0.4) is 0 Å². The van der Waals surface area contributed by atoms with Gasteiger partial charge in [0.15, 0.2) is 0 Å². The average Bonchev–Trinajstić information content (AvgIpc) is 1.98. The summed E-state index contributed by atoms with van der Waals surface area (Å²) < 4.78 is 5.01. The highest BCUT2D eigenvalue weighted by Crippen LogP contribution is 1.99. The van der Waals surface area contributed by atoms with Crippen molar-refractivity contribution in [3.63, 3.8) is 0 Å². The number of rotatable bonds is 4. The van der Waals surface area contributed by atoms with E-state index in [4.69, 9.17) is 4.74 Å². The van der Waals surface area contributed by atoms with Gasteiger partial charge in [0.05, 0.1) is 6.61 Å². The van der Waals surface area contributed by atoms with Gasteiger partial charge in [-0.1, -0.05) is 26.0 Å². The van der Waals surface area contributed by atoms with Crippen LogP contribution < -0.4 is 0 Å². The van der Waals surface area contributed by atoms with Gasteiger partial charge in [-0.3, -0.25) is 0 Å². The molecule has 13 heavy (non-hydrogen) atoms. The summed E-state index contributed by atoms with van der Waals surface area (Å²) in [5.74, 6) is 0.377. The fourth-order valence-electron chi connectivity index (χ4n) is 0.818. The lowest BCUT2D eigenvalue weighted by molar-refractivity contribution is 0.102. The van der Waals surface area contributed by atoms with E-state index in [-0.39, 0.29) is 6.09 Å². The zero-order valence-corrected chi connectivity index (χ0v) is 8.96. The highest BCUT2D eigenvalue weighted by atomic mass is 16.6. The lowest BCUT2D eigenvalue weighted by atomic mass is 10.2. The number of amides is 1. The second-order valence-electron chi connectivity index (χ2n) is 3.78. The zero-order chi connectivity index (χ0) is 10.4. The molecule has 0 unspecified atom stereocenters. The molecule has 0 aromatic rings. The van der Waals surface area contributed by atoms with Crippen LogP contribution in [0.5, 0.6) is 0 Å². The maximum absolute atomic E-state index is 11.2. The first kappa shape index (κ1) is 12.0. The molecule has 0 rings (SSSR count). The van der Waals surface area contributed by atoms with Crippen LogP contribution in [0.25, 0.3) is 0 Å². The normalized spacial score (nSPS) is 9.92. The van der Waals surface area contributed by atoms with Crippen LogP contribution in [0.15, 0.2) is 12.2 Å². The molecule has 0 aromatic heterocycles. The second-order valence-corrected chi connectivity index (χ2v) is 3.78. The maximum Gasteiger partial charge on any atom is 0.409 e. The molecule has 3 heteroatoms. The Hall–Kier alpha value is -0.990. The molecule has 0 saturated carbocycles. The Kier molecular flexibility index (Phi) is 5.19. The predicted octanol–water partition coefficient (Wildman–Crippen LogP) is 2.29. The van der Waals surface area contributed by atoms with Gasteiger partial charge >= 0.3 is 6.09 Å². The van der Waals surface area contributed by atoms with Crippen molar-refractivity contribution in [1.29, 1.82) is 0 Å². The molecule has 0 N–H and O–H groups in total. The van der Waals surface area contributed by atoms with E-state index in [0.29, 0.717) is 19.1 Å². The summed E-state index contributed by atoms with van der Waals surface area (Å²) in [4.78, 5) is 12.8. The minimum atomic E-state index is -0.281. The Balaban J connectivity index is 3.76. The van der Waals surface area contributed by atoms with Crippen molar-refractivity contribution in [2.75, 3.05) is 20.2 Å². The largest absolute Gasteiger partial charge is 0.449 e. The summed E-state index contributed by atoms with van der Waals surface area (Å²) >= 11 is 0. The van der Waals surface area contributed by atoms with Gasteiger partial charge in [-0.25, -0.2) is 4.79 Å². The van der Waals surface area contributed by atoms with Gasteiger partial charge in [-0.2, -0.15) is 0 Å². The van der Waals surface area contributed by atoms with Crippen molar-refractivity contribution in [3.05, 3.63) is 12.2 Å². The number of nitrogens with zero attached hydrogens (tertiary/aromatic N) is 1. The van der Waals surface area contributed by atoms with Crippen molar-refractivity contribution in [2.24, 2.45) is 5.92 Å². The fourth-order valence-corrected chi connectivity index (χ4v) is 0.818. The van der Waals surface area contributed by atoms with Crippen LogP contribution in [-0.2, 0) is 4.74 Å². The number of hydrogen-bond donors (Lipinski definition) is 0. The minimum Gasteiger partial charge on any atom is -0.449 e. The molecule has 76 valence electrons. The van der Waals surface area contributed by atoms with E-state index in [1.54, 1.807) is 7.05 Å². The van der Waals surface area contributed by atoms with E-state index in [9.17, 15) is 4.79 Å². The Morgan fingerprint density at radius 2 is 2.08 bits per heavy atom. The van der Waals surface area contributed by atoms with Crippen LogP contribution in [0.4, 0.5) is 4.79 Å². The van der Waals surface area contributed by atoms with Gasteiger partial charge < -0.3 is 9.64 Å². The molecule has 0 spiro atoms. The van der Waals surface area contributed by atoms with Gasteiger partial charge in [-0.15, -0.1) is 0 Å². The Morgan fingerprint density at radius 3 is 2.46 bits per heavy atom. The average molecular weight is 185 g/mol. The van der Waals surface area contributed by atoms with Gasteiger partial charge in [0.1, 0.15) is 0 Å². The molecule has 0 aliphatic heterocycles. The van der Waals surface area contributed by atoms with Gasteiger partial charge in [0.25, 0.3) is 0 Å². The van der Waals surface area contributed by atoms with E-state index in [1.165, 1.54) is 4.90 Å². The quantitative estimate of drug-likeness (QED) is 0.629. The third-order valence-corrected chi connectivity index (χ3v) is 1.36. The number of hydrogen-bond acceptors (Lipinski definition) is 2. The molecular formula is C10H19NO2. The highest BCUT2D eigenvalue weighted by molar-refractivity contribution is 5.67. The number of carbonyl (C=O) groups is 1. The Morgan fingerprint density at radius 1 is 1.54 bits per heavy atom. The van der Waals surface area contributed by atoms with Gasteiger partial charge in [0, 0.05) is 13.6 Å². The van der Waals surface area contributed by atoms with Crippen LogP contribution >= 0.6 is 0 Å². The third kappa shape index (κ3) is 6.20. The molecule has 0 aromatic carbocycles. The molecule has 3 nitrogen and oxygen atoms in total. The lowest BCUT2D eigenvalue weighted by Crippen LogP contribution is -2.29. The van der Waals surface area contributed by atoms with E-state index >= 15 is 0 Å². The van der Waals surface area contributed by atoms with Crippen molar-refractivity contribution in [3.8, 4) is 0 Å². The fraction of sp³-hybridized carbons (Fsp3) is 0.700. The summed E-state index contributed by atoms with van der Waals surface area (Å²) in [6, 6.07) is 0. The van der Waals surface area contributed by atoms with Gasteiger partial charge in [0.2, 0.25) is 0 Å². The van der Waals surface area contributed by atoms with Crippen LogP contribution in [-0.4, -0.2) is 31.2 Å². The van der Waals surface area contributed by atoms with Crippen molar-refractivity contribution in [1.82, 2.24) is 4.90 Å². The Bertz CT molecular complexity index is 187. The second kappa shape index (κ2) is 5.62. The maximum atomic E-state index is 11.2. The molecule has 0 radical (unpaired) electrons. The smallest absolute Gasteiger partial charge is 0.409 e. The minimum absolute atomic E-state index is 0.281. The predicted molar refractivity (Wildman–Crippen MR) is 53.6 cm³/mol. The topological polar surface area (TPSA) is 29.5 Å². The molecule has 0 bridgehead atoms. The molecule has 0 atom stereocenters. The molecule has 0 aliphatic carbocycles. The van der Waals surface area contributed by atoms with Gasteiger partial charge in [-0.05, 0) is 12.8 Å². The van der Waals surface area contributed by atoms with E-state index in [2.05, 4.69) is 6.58 Å². The summed E-state index contributed by atoms with van der Waals surface area (Å²) in [7, 11) is 1.71. The van der Waals surface area contributed by atoms with Crippen LogP contribution in [0.1, 0.15) is 20.8 Å². The molecule has 0 aliphatic rings. The summed E-state index contributed by atoms with van der Waals surface area (Å²) in [6.45, 7) is 10.6. The van der Waals surface area contributed by atoms with E-state index < -0.39 is 0 Å². The lowest BCUT2D eigenvalue weighted by Gasteiger charge is -2.17. The number of carbonyl (C=O) groups excluding carboxylic acids is 1. The summed E-state index contributed by atoms with van der Waals surface area (Å²) in [6.07, 6.45) is -0.281. The van der Waals surface area contributed by atoms with Crippen molar-refractivity contribution >= 4 is 6.09 Å². The molecular weight excluding hydrogens is 166 g/mol. The first-order valence-electron chi connectivity index (χ1n) is 4.45. The van der Waals surface area contributed by atoms with E-state index in [1.807, 2.05) is 20.8 Å². The monoisotopic (exact) mass is 185 g/mol. The van der Waals surface area contributed by atoms with Crippen molar-refractivity contribution in [2.45, 2.75) is 20.8 Å². The molecule has 0 heterocycles. The standard InChI is InChI=1S/C10H19NO2/c1-8(2)6-11(5)10(12)13-7-9(3)4/h9H,1,6-7H2,2-5H3. The first-order valence-corrected chi connectivity index (χ1v) is 4.45. The molecule has 1 amide bonds. The summed E-state index contributed by atoms with van der Waals surface area (Å²) in [5, 5.41) is 0. The summed E-state index contributed by atoms with van der Waals surface area (Å²) in [5.41, 5.74) is 0.948. The zero-order valence-electron chi connectivity index (χ0n) is 8.96. The SMILES string of the molecule is C=C(C)CN(C)C(=O)OCC(C)C. The first-order chi connectivity index (χ1) is 5.93. The van der Waals surface area contributed by atoms with Crippen molar-refractivity contribution < 1.29 is 9.53 Å². The number of ether oxygens (including phenoxy) is 1. The van der Waals surface area contributed by atoms with Crippen LogP contribution in [0, 0.1) is 5.92 Å². The third-order valence-electron chi connectivity index (χ3n) is 1.36. The number of likely N-dealkylation sites (N-methyl/N-ethyl adjacent to an activating group) is 1. The van der Waals surface area contributed by atoms with E-state index in [0.717, 1.165) is 5.57 Å². The Labute approximate surface area is 80.4 Å². The molecule has 0 saturated heterocycles. The molecule has 0 fully saturated rings.